The van der Waals surface area contributed by atoms with Crippen molar-refractivity contribution < 1.29 is 31.5 Å². The van der Waals surface area contributed by atoms with E-state index in [0.717, 1.165) is 0 Å². The van der Waals surface area contributed by atoms with Crippen molar-refractivity contribution in [2.24, 2.45) is 0 Å². The normalized spacial score (nSPS) is 14.0. The van der Waals surface area contributed by atoms with E-state index < -0.39 is 32.9 Å². The zero-order valence-corrected chi connectivity index (χ0v) is 16.2. The third-order valence-electron chi connectivity index (χ3n) is 4.34. The number of para-hydroxylation sites is 1. The first-order chi connectivity index (χ1) is 13.1. The molecule has 3 nitrogen and oxygen atoms in total. The van der Waals surface area contributed by atoms with Crippen LogP contribution in [0.25, 0.3) is 0 Å². The van der Waals surface area contributed by atoms with Crippen molar-refractivity contribution in [2.45, 2.75) is 24.5 Å². The minimum Gasteiger partial charge on any atom is -0.307 e. The Morgan fingerprint density at radius 2 is 1.61 bits per heavy atom. The van der Waals surface area contributed by atoms with Crippen LogP contribution in [0.3, 0.4) is 0 Å². The molecule has 1 rings (SSSR count). The average Bonchev–Trinajstić information content (AvgIpc) is 2.68. The van der Waals surface area contributed by atoms with Crippen molar-refractivity contribution in [1.29, 1.82) is 0 Å². The number of ether oxygens (including phenoxy) is 1. The maximum Gasteiger partial charge on any atom is 0.458 e. The summed E-state index contributed by atoms with van der Waals surface area (Å²) in [6.07, 6.45) is -5.52. The van der Waals surface area contributed by atoms with Crippen molar-refractivity contribution in [1.82, 2.24) is 0 Å². The van der Waals surface area contributed by atoms with Crippen LogP contribution in [-0.2, 0) is 9.53 Å². The highest BCUT2D eigenvalue weighted by Gasteiger charge is 2.65. The fourth-order valence-corrected chi connectivity index (χ4v) is 4.45. The van der Waals surface area contributed by atoms with E-state index in [1.165, 1.54) is 24.3 Å². The van der Waals surface area contributed by atoms with Crippen LogP contribution in [0, 0.1) is 0 Å². The van der Waals surface area contributed by atoms with Crippen molar-refractivity contribution in [3.05, 3.63) is 67.2 Å². The number of nitrogens with zero attached hydrogens (tertiary/aromatic N) is 1. The molecule has 28 heavy (non-hydrogen) atoms. The molecule has 0 radical (unpaired) electrons. The van der Waals surface area contributed by atoms with Crippen LogP contribution < -0.4 is 4.90 Å². The van der Waals surface area contributed by atoms with Crippen LogP contribution in [0.5, 0.6) is 0 Å². The summed E-state index contributed by atoms with van der Waals surface area (Å²) in [6, 6.07) is 7.70. The fraction of sp³-hybridized carbons (Fsp3) is 0.316. The Morgan fingerprint density at radius 1 is 1.07 bits per heavy atom. The molecule has 0 aromatic heterocycles. The molecule has 1 unspecified atom stereocenters. The number of halogens is 5. The third-order valence-corrected chi connectivity index (χ3v) is 7.84. The summed E-state index contributed by atoms with van der Waals surface area (Å²) in [7, 11) is -2.27. The second kappa shape index (κ2) is 9.79. The quantitative estimate of drug-likeness (QED) is 0.364. The topological polar surface area (TPSA) is 29.5 Å². The number of amides is 1. The summed E-state index contributed by atoms with van der Waals surface area (Å²) in [5.74, 6) is -6.83. The van der Waals surface area contributed by atoms with Crippen LogP contribution in [-0.4, -0.2) is 39.4 Å². The van der Waals surface area contributed by atoms with Crippen LogP contribution in [0.1, 0.15) is 6.42 Å². The molecule has 1 atom stereocenters. The molecule has 0 N–H and O–H groups in total. The van der Waals surface area contributed by atoms with Crippen LogP contribution in [0.2, 0.25) is 6.04 Å². The Balaban J connectivity index is 3.20. The Hall–Kier alpha value is -2.26. The molecule has 9 heteroatoms. The Morgan fingerprint density at radius 3 is 2.04 bits per heavy atom. The van der Waals surface area contributed by atoms with Gasteiger partial charge in [-0.05, 0) is 24.6 Å². The minimum atomic E-state index is -5.74. The lowest BCUT2D eigenvalue weighted by Crippen LogP contribution is -2.57. The highest BCUT2D eigenvalue weighted by molar-refractivity contribution is 6.93. The van der Waals surface area contributed by atoms with Crippen molar-refractivity contribution >= 4 is 19.7 Å². The lowest BCUT2D eigenvalue weighted by Gasteiger charge is -2.32. The van der Waals surface area contributed by atoms with E-state index in [-0.39, 0.29) is 18.7 Å². The molecule has 0 saturated heterocycles. The number of hydrogen-bond donors (Lipinski definition) is 0. The second-order valence-electron chi connectivity index (χ2n) is 5.97. The molecule has 1 amide bonds. The predicted octanol–water partition coefficient (Wildman–Crippen LogP) is 5.21. The van der Waals surface area contributed by atoms with Gasteiger partial charge in [-0.3, -0.25) is 9.53 Å². The van der Waals surface area contributed by atoms with Crippen LogP contribution in [0.15, 0.2) is 67.2 Å². The number of hydrogen-bond acceptors (Lipinski definition) is 2. The van der Waals surface area contributed by atoms with Gasteiger partial charge in [0.25, 0.3) is 0 Å². The van der Waals surface area contributed by atoms with Crippen molar-refractivity contribution in [3.8, 4) is 0 Å². The average molecular weight is 419 g/mol. The Bertz CT molecular complexity index is 674. The van der Waals surface area contributed by atoms with Crippen LogP contribution >= 0.6 is 0 Å². The molecule has 1 aromatic carbocycles. The van der Waals surface area contributed by atoms with E-state index >= 15 is 0 Å². The van der Waals surface area contributed by atoms with Gasteiger partial charge >= 0.3 is 17.9 Å². The molecule has 0 heterocycles. The Labute approximate surface area is 161 Å². The largest absolute Gasteiger partial charge is 0.458 e. The lowest BCUT2D eigenvalue weighted by atomic mass is 10.2. The molecule has 1 aromatic rings. The van der Waals surface area contributed by atoms with E-state index in [0.29, 0.717) is 10.9 Å². The smallest absolute Gasteiger partial charge is 0.307 e. The predicted molar refractivity (Wildman–Crippen MR) is 102 cm³/mol. The summed E-state index contributed by atoms with van der Waals surface area (Å²) < 4.78 is 69.9. The number of anilines is 1. The second-order valence-corrected chi connectivity index (χ2v) is 9.92. The maximum atomic E-state index is 14.5. The molecule has 0 aliphatic heterocycles. The van der Waals surface area contributed by atoms with Gasteiger partial charge in [-0.2, -0.15) is 17.6 Å². The number of carbonyl (C=O) groups is 1. The molecule has 0 spiro atoms. The van der Waals surface area contributed by atoms with Crippen molar-refractivity contribution in [2.75, 3.05) is 18.3 Å². The number of benzene rings is 1. The first-order valence-corrected chi connectivity index (χ1v) is 10.8. The van der Waals surface area contributed by atoms with Gasteiger partial charge in [-0.15, -0.1) is 19.7 Å². The number of rotatable bonds is 11. The monoisotopic (exact) mass is 419 g/mol. The van der Waals surface area contributed by atoms with E-state index in [1.54, 1.807) is 23.2 Å². The summed E-state index contributed by atoms with van der Waals surface area (Å²) >= 11 is 0. The van der Waals surface area contributed by atoms with Crippen molar-refractivity contribution in [3.63, 3.8) is 0 Å². The van der Waals surface area contributed by atoms with Gasteiger partial charge in [-0.25, -0.2) is 4.39 Å². The molecular formula is C19H22F5NO2Si. The van der Waals surface area contributed by atoms with Gasteiger partial charge in [0.05, 0.1) is 0 Å². The maximum absolute atomic E-state index is 14.5. The van der Waals surface area contributed by atoms with E-state index in [1.807, 2.05) is 0 Å². The summed E-state index contributed by atoms with van der Waals surface area (Å²) in [5.41, 5.74) is 5.12. The minimum absolute atomic E-state index is 0.0318. The number of alkyl halides is 5. The molecular weight excluding hydrogens is 397 g/mol. The molecule has 0 bridgehead atoms. The molecule has 0 saturated carbocycles. The third kappa shape index (κ3) is 5.17. The van der Waals surface area contributed by atoms with Gasteiger partial charge in [0.1, 0.15) is 8.07 Å². The molecule has 0 aliphatic rings. The summed E-state index contributed by atoms with van der Waals surface area (Å²) in [6.45, 7) is 8.84. The first-order valence-electron chi connectivity index (χ1n) is 8.34. The molecule has 0 aliphatic carbocycles. The van der Waals surface area contributed by atoms with Gasteiger partial charge in [-0.1, -0.05) is 35.3 Å². The first kappa shape index (κ1) is 23.8. The molecule has 0 fully saturated rings. The SMILES string of the molecule is C=C[Si](C=C)(C=C)CCCN(C(=O)C(F)(OCF)C(F)(F)F)c1ccccc1. The fourth-order valence-electron chi connectivity index (χ4n) is 2.57. The van der Waals surface area contributed by atoms with Gasteiger partial charge in [0.2, 0.25) is 0 Å². The zero-order valence-electron chi connectivity index (χ0n) is 15.2. The summed E-state index contributed by atoms with van der Waals surface area (Å²) in [5, 5.41) is 0. The van der Waals surface area contributed by atoms with E-state index in [9.17, 15) is 26.7 Å². The van der Waals surface area contributed by atoms with E-state index in [4.69, 9.17) is 0 Å². The lowest BCUT2D eigenvalue weighted by molar-refractivity contribution is -0.321. The standard InChI is InChI=1S/C19H22F5NO2Si/c1-4-28(5-2,6-3)14-10-13-25(16-11-8-7-9-12-16)17(26)18(21,27-15-20)19(22,23)24/h4-9,11-12H,1-3,10,13-15H2. The van der Waals surface area contributed by atoms with Gasteiger partial charge < -0.3 is 4.90 Å². The van der Waals surface area contributed by atoms with E-state index in [2.05, 4.69) is 24.5 Å². The highest BCUT2D eigenvalue weighted by Crippen LogP contribution is 2.38. The zero-order chi connectivity index (χ0) is 21.4. The molecule has 154 valence electrons. The number of carbonyl (C=O) groups excluding carboxylic acids is 1. The Kier molecular flexibility index (Phi) is 8.31. The summed E-state index contributed by atoms with van der Waals surface area (Å²) in [4.78, 5) is 13.1. The van der Waals surface area contributed by atoms with Crippen LogP contribution in [0.4, 0.5) is 27.6 Å². The highest BCUT2D eigenvalue weighted by atomic mass is 28.3. The van der Waals surface area contributed by atoms with Gasteiger partial charge in [0, 0.05) is 12.2 Å². The van der Waals surface area contributed by atoms with Gasteiger partial charge in [0.15, 0.2) is 6.86 Å².